The van der Waals surface area contributed by atoms with E-state index in [0.717, 1.165) is 27.7 Å². The predicted octanol–water partition coefficient (Wildman–Crippen LogP) is 3.66. The van der Waals surface area contributed by atoms with E-state index in [1.165, 1.54) is 0 Å². The highest BCUT2D eigenvalue weighted by Crippen LogP contribution is 2.28. The molecule has 0 bridgehead atoms. The molecule has 0 saturated carbocycles. The molecule has 6 nitrogen and oxygen atoms in total. The third kappa shape index (κ3) is 2.61. The Morgan fingerprint density at radius 2 is 1.88 bits per heavy atom. The third-order valence-electron chi connectivity index (χ3n) is 3.80. The maximum atomic E-state index is 9.55. The van der Waals surface area contributed by atoms with E-state index >= 15 is 0 Å². The summed E-state index contributed by atoms with van der Waals surface area (Å²) in [5, 5.41) is 20.5. The highest BCUT2D eigenvalue weighted by molar-refractivity contribution is 5.92. The molecule has 5 N–H and O–H groups in total. The molecule has 0 saturated heterocycles. The normalized spacial score (nSPS) is 10.8. The number of hydrogen-bond acceptors (Lipinski definition) is 5. The lowest BCUT2D eigenvalue weighted by Gasteiger charge is -2.08. The number of nitrogens with zero attached hydrogens (tertiary/aromatic N) is 2. The molecular weight excluding hydrogens is 302 g/mol. The first-order chi connectivity index (χ1) is 11.7. The molecule has 2 aromatic heterocycles. The Labute approximate surface area is 138 Å². The molecule has 0 amide bonds. The number of anilines is 3. The lowest BCUT2D eigenvalue weighted by atomic mass is 10.0. The SMILES string of the molecule is Nc1n[nH]c2ccc(-c3ccnc(Nc4cccc(O)c4)c3)cc12. The predicted molar refractivity (Wildman–Crippen MR) is 95.1 cm³/mol. The first-order valence-electron chi connectivity index (χ1n) is 7.45. The van der Waals surface area contributed by atoms with E-state index in [2.05, 4.69) is 20.5 Å². The van der Waals surface area contributed by atoms with Gasteiger partial charge in [0.25, 0.3) is 0 Å². The van der Waals surface area contributed by atoms with Gasteiger partial charge in [0.2, 0.25) is 0 Å². The largest absolute Gasteiger partial charge is 0.508 e. The van der Waals surface area contributed by atoms with E-state index in [-0.39, 0.29) is 5.75 Å². The topological polar surface area (TPSA) is 99.9 Å². The number of nitrogens with two attached hydrogens (primary N) is 1. The quantitative estimate of drug-likeness (QED) is 0.462. The van der Waals surface area contributed by atoms with Crippen LogP contribution in [0.1, 0.15) is 0 Å². The Morgan fingerprint density at radius 1 is 1.00 bits per heavy atom. The molecule has 0 aliphatic heterocycles. The maximum Gasteiger partial charge on any atom is 0.153 e. The van der Waals surface area contributed by atoms with Gasteiger partial charge in [-0.25, -0.2) is 4.98 Å². The van der Waals surface area contributed by atoms with Crippen molar-refractivity contribution in [2.45, 2.75) is 0 Å². The van der Waals surface area contributed by atoms with Gasteiger partial charge < -0.3 is 16.2 Å². The number of phenolic OH excluding ortho intramolecular Hbond substituents is 1. The van der Waals surface area contributed by atoms with Crippen molar-refractivity contribution in [2.24, 2.45) is 0 Å². The van der Waals surface area contributed by atoms with Crippen molar-refractivity contribution in [1.29, 1.82) is 0 Å². The Bertz CT molecular complexity index is 1020. The van der Waals surface area contributed by atoms with Crippen molar-refractivity contribution >= 4 is 28.2 Å². The Hall–Kier alpha value is -3.54. The van der Waals surface area contributed by atoms with Gasteiger partial charge in [-0.2, -0.15) is 5.10 Å². The van der Waals surface area contributed by atoms with E-state index in [1.807, 2.05) is 36.4 Å². The highest BCUT2D eigenvalue weighted by atomic mass is 16.3. The smallest absolute Gasteiger partial charge is 0.153 e. The molecule has 2 heterocycles. The van der Waals surface area contributed by atoms with Gasteiger partial charge in [0.05, 0.1) is 5.52 Å². The first kappa shape index (κ1) is 14.1. The summed E-state index contributed by atoms with van der Waals surface area (Å²) in [6.45, 7) is 0. The molecule has 0 fully saturated rings. The summed E-state index contributed by atoms with van der Waals surface area (Å²) in [6, 6.07) is 16.8. The number of fused-ring (bicyclic) bond motifs is 1. The second-order valence-corrected chi connectivity index (χ2v) is 5.47. The molecule has 0 aliphatic rings. The van der Waals surface area contributed by atoms with Crippen LogP contribution >= 0.6 is 0 Å². The van der Waals surface area contributed by atoms with Gasteiger partial charge in [0.1, 0.15) is 11.6 Å². The highest BCUT2D eigenvalue weighted by Gasteiger charge is 2.06. The zero-order valence-corrected chi connectivity index (χ0v) is 12.7. The fourth-order valence-corrected chi connectivity index (χ4v) is 2.62. The Balaban J connectivity index is 1.69. The van der Waals surface area contributed by atoms with Gasteiger partial charge in [-0.1, -0.05) is 12.1 Å². The van der Waals surface area contributed by atoms with Crippen molar-refractivity contribution in [3.8, 4) is 16.9 Å². The van der Waals surface area contributed by atoms with Gasteiger partial charge in [-0.05, 0) is 47.5 Å². The molecule has 6 heteroatoms. The van der Waals surface area contributed by atoms with Crippen LogP contribution in [0, 0.1) is 0 Å². The molecule has 0 atom stereocenters. The van der Waals surface area contributed by atoms with Crippen molar-refractivity contribution in [1.82, 2.24) is 15.2 Å². The minimum Gasteiger partial charge on any atom is -0.508 e. The molecule has 0 aliphatic carbocycles. The van der Waals surface area contributed by atoms with Gasteiger partial charge in [0.15, 0.2) is 5.82 Å². The number of benzene rings is 2. The number of phenols is 1. The molecule has 24 heavy (non-hydrogen) atoms. The van der Waals surface area contributed by atoms with Crippen LogP contribution in [0.3, 0.4) is 0 Å². The molecule has 2 aromatic carbocycles. The van der Waals surface area contributed by atoms with Crippen LogP contribution in [0.25, 0.3) is 22.0 Å². The molecule has 4 aromatic rings. The number of nitrogen functional groups attached to an aromatic ring is 1. The number of pyridine rings is 1. The number of aromatic nitrogens is 3. The minimum absolute atomic E-state index is 0.206. The summed E-state index contributed by atoms with van der Waals surface area (Å²) in [6.07, 6.45) is 1.74. The number of nitrogens with one attached hydrogen (secondary N) is 2. The van der Waals surface area contributed by atoms with E-state index in [4.69, 9.17) is 5.73 Å². The van der Waals surface area contributed by atoms with Crippen molar-refractivity contribution in [3.05, 3.63) is 60.8 Å². The number of H-pyrrole nitrogens is 1. The van der Waals surface area contributed by atoms with Gasteiger partial charge >= 0.3 is 0 Å². The fourth-order valence-electron chi connectivity index (χ4n) is 2.62. The van der Waals surface area contributed by atoms with E-state index < -0.39 is 0 Å². The van der Waals surface area contributed by atoms with Gasteiger partial charge in [-0.3, -0.25) is 5.10 Å². The summed E-state index contributed by atoms with van der Waals surface area (Å²) in [5.41, 5.74) is 9.59. The summed E-state index contributed by atoms with van der Waals surface area (Å²) in [7, 11) is 0. The van der Waals surface area contributed by atoms with Crippen LogP contribution in [0.2, 0.25) is 0 Å². The molecule has 0 unspecified atom stereocenters. The van der Waals surface area contributed by atoms with Gasteiger partial charge in [-0.15, -0.1) is 0 Å². The summed E-state index contributed by atoms with van der Waals surface area (Å²) < 4.78 is 0. The van der Waals surface area contributed by atoms with Gasteiger partial charge in [0, 0.05) is 23.3 Å². The minimum atomic E-state index is 0.206. The van der Waals surface area contributed by atoms with Crippen LogP contribution in [0.5, 0.6) is 5.75 Å². The lowest BCUT2D eigenvalue weighted by molar-refractivity contribution is 0.475. The molecule has 0 radical (unpaired) electrons. The Kier molecular flexibility index (Phi) is 3.28. The number of rotatable bonds is 3. The maximum absolute atomic E-state index is 9.55. The fraction of sp³-hybridized carbons (Fsp3) is 0. The first-order valence-corrected chi connectivity index (χ1v) is 7.45. The summed E-state index contributed by atoms with van der Waals surface area (Å²) >= 11 is 0. The molecule has 4 rings (SSSR count). The molecular formula is C18H15N5O. The van der Waals surface area contributed by atoms with Crippen molar-refractivity contribution < 1.29 is 5.11 Å². The molecule has 118 valence electrons. The van der Waals surface area contributed by atoms with Crippen LogP contribution in [0.15, 0.2) is 60.8 Å². The van der Waals surface area contributed by atoms with Crippen LogP contribution < -0.4 is 11.1 Å². The number of aromatic amines is 1. The van der Waals surface area contributed by atoms with Crippen LogP contribution in [0.4, 0.5) is 17.3 Å². The van der Waals surface area contributed by atoms with Crippen molar-refractivity contribution in [2.75, 3.05) is 11.1 Å². The van der Waals surface area contributed by atoms with E-state index in [1.54, 1.807) is 24.4 Å². The Morgan fingerprint density at radius 3 is 2.75 bits per heavy atom. The lowest BCUT2D eigenvalue weighted by Crippen LogP contribution is -1.93. The zero-order chi connectivity index (χ0) is 16.5. The van der Waals surface area contributed by atoms with E-state index in [9.17, 15) is 5.11 Å². The number of hydrogen-bond donors (Lipinski definition) is 4. The summed E-state index contributed by atoms with van der Waals surface area (Å²) in [4.78, 5) is 4.32. The second kappa shape index (κ2) is 5.58. The van der Waals surface area contributed by atoms with Crippen LogP contribution in [-0.2, 0) is 0 Å². The van der Waals surface area contributed by atoms with Crippen molar-refractivity contribution in [3.63, 3.8) is 0 Å². The second-order valence-electron chi connectivity index (χ2n) is 5.47. The monoisotopic (exact) mass is 317 g/mol. The standard InChI is InChI=1S/C18H15N5O/c19-18-15-8-11(4-5-16(15)22-23-18)12-6-7-20-17(9-12)21-13-2-1-3-14(24)10-13/h1-10,24H,(H,20,21)(H3,19,22,23). The third-order valence-corrected chi connectivity index (χ3v) is 3.80. The van der Waals surface area contributed by atoms with E-state index in [0.29, 0.717) is 11.6 Å². The number of aromatic hydroxyl groups is 1. The zero-order valence-electron chi connectivity index (χ0n) is 12.7. The molecule has 0 spiro atoms. The average Bonchev–Trinajstić information content (AvgIpc) is 2.96. The average molecular weight is 317 g/mol. The summed E-state index contributed by atoms with van der Waals surface area (Å²) in [5.74, 6) is 1.38. The van der Waals surface area contributed by atoms with Crippen LogP contribution in [-0.4, -0.2) is 20.3 Å².